The third-order valence-corrected chi connectivity index (χ3v) is 4.78. The van der Waals surface area contributed by atoms with E-state index in [0.717, 1.165) is 0 Å². The Hall–Kier alpha value is -0.820. The molecule has 0 saturated heterocycles. The molecule has 0 saturated carbocycles. The van der Waals surface area contributed by atoms with Crippen molar-refractivity contribution in [3.8, 4) is 0 Å². The van der Waals surface area contributed by atoms with Crippen LogP contribution in [0.2, 0.25) is 5.02 Å². The Bertz CT molecular complexity index is 609. The minimum atomic E-state index is -3.76. The monoisotopic (exact) mass is 334 g/mol. The van der Waals surface area contributed by atoms with Crippen LogP contribution in [0, 0.1) is 12.3 Å². The van der Waals surface area contributed by atoms with Crippen molar-refractivity contribution in [3.05, 3.63) is 22.7 Å². The van der Waals surface area contributed by atoms with Gasteiger partial charge >= 0.3 is 0 Å². The molecule has 1 atom stereocenters. The highest BCUT2D eigenvalue weighted by atomic mass is 35.5. The molecular formula is C14H23ClN2O3S. The third-order valence-electron chi connectivity index (χ3n) is 3.01. The molecule has 21 heavy (non-hydrogen) atoms. The summed E-state index contributed by atoms with van der Waals surface area (Å²) in [7, 11) is -3.76. The first kappa shape index (κ1) is 18.2. The van der Waals surface area contributed by atoms with Crippen LogP contribution in [-0.4, -0.2) is 26.2 Å². The summed E-state index contributed by atoms with van der Waals surface area (Å²) in [6, 6.07) is 2.86. The first-order valence-corrected chi connectivity index (χ1v) is 8.52. The fraction of sp³-hybridized carbons (Fsp3) is 0.571. The van der Waals surface area contributed by atoms with Crippen molar-refractivity contribution in [1.29, 1.82) is 0 Å². The number of rotatable bonds is 5. The van der Waals surface area contributed by atoms with Crippen LogP contribution in [0.3, 0.4) is 0 Å². The van der Waals surface area contributed by atoms with Crippen LogP contribution in [-0.2, 0) is 10.0 Å². The largest absolute Gasteiger partial charge is 0.398 e. The van der Waals surface area contributed by atoms with Gasteiger partial charge in [0.05, 0.1) is 11.0 Å². The van der Waals surface area contributed by atoms with Crippen molar-refractivity contribution in [2.75, 3.05) is 12.3 Å². The Morgan fingerprint density at radius 2 is 1.95 bits per heavy atom. The first-order chi connectivity index (χ1) is 9.42. The fourth-order valence-corrected chi connectivity index (χ4v) is 3.68. The number of hydrogen-bond donors (Lipinski definition) is 3. The van der Waals surface area contributed by atoms with Crippen LogP contribution in [0.25, 0.3) is 0 Å². The van der Waals surface area contributed by atoms with Gasteiger partial charge < -0.3 is 10.8 Å². The fourth-order valence-electron chi connectivity index (χ4n) is 2.02. The van der Waals surface area contributed by atoms with Gasteiger partial charge in [-0.2, -0.15) is 0 Å². The average Bonchev–Trinajstić information content (AvgIpc) is 2.29. The number of nitrogen functional groups attached to an aromatic ring is 1. The molecule has 1 rings (SSSR count). The van der Waals surface area contributed by atoms with E-state index in [1.165, 1.54) is 12.1 Å². The van der Waals surface area contributed by atoms with Gasteiger partial charge in [-0.1, -0.05) is 32.4 Å². The summed E-state index contributed by atoms with van der Waals surface area (Å²) < 4.78 is 27.0. The second-order valence-corrected chi connectivity index (χ2v) is 8.56. The molecular weight excluding hydrogens is 312 g/mol. The number of sulfonamides is 1. The molecule has 0 aliphatic rings. The molecule has 0 heterocycles. The lowest BCUT2D eigenvalue weighted by Crippen LogP contribution is -2.34. The molecule has 4 N–H and O–H groups in total. The maximum atomic E-state index is 12.3. The quantitative estimate of drug-likeness (QED) is 0.720. The molecule has 0 spiro atoms. The maximum Gasteiger partial charge on any atom is 0.241 e. The molecule has 0 radical (unpaired) electrons. The number of nitrogens with two attached hydrogens (primary N) is 1. The van der Waals surface area contributed by atoms with Gasteiger partial charge in [-0.05, 0) is 36.5 Å². The summed E-state index contributed by atoms with van der Waals surface area (Å²) in [6.07, 6.45) is -0.261. The van der Waals surface area contributed by atoms with Gasteiger partial charge in [-0.25, -0.2) is 13.1 Å². The number of hydrogen-bond acceptors (Lipinski definition) is 4. The van der Waals surface area contributed by atoms with E-state index in [-0.39, 0.29) is 21.9 Å². The van der Waals surface area contributed by atoms with Crippen LogP contribution in [0.4, 0.5) is 5.69 Å². The molecule has 7 heteroatoms. The lowest BCUT2D eigenvalue weighted by atomic mass is 9.89. The van der Waals surface area contributed by atoms with E-state index < -0.39 is 16.1 Å². The summed E-state index contributed by atoms with van der Waals surface area (Å²) in [5.41, 5.74) is 6.41. The van der Waals surface area contributed by atoms with Gasteiger partial charge in [-0.15, -0.1) is 0 Å². The van der Waals surface area contributed by atoms with Gasteiger partial charge in [0.25, 0.3) is 0 Å². The predicted molar refractivity (Wildman–Crippen MR) is 85.9 cm³/mol. The van der Waals surface area contributed by atoms with Crippen LogP contribution in [0.5, 0.6) is 0 Å². The molecule has 1 aromatic carbocycles. The Kier molecular flexibility index (Phi) is 5.66. The third kappa shape index (κ3) is 5.47. The number of aliphatic hydroxyl groups is 1. The van der Waals surface area contributed by atoms with E-state index in [1.54, 1.807) is 6.92 Å². The van der Waals surface area contributed by atoms with Crippen molar-refractivity contribution in [2.24, 2.45) is 5.41 Å². The number of aliphatic hydroxyl groups excluding tert-OH is 1. The normalized spacial score (nSPS) is 14.2. The van der Waals surface area contributed by atoms with Gasteiger partial charge in [0, 0.05) is 17.3 Å². The van der Waals surface area contributed by atoms with Crippen molar-refractivity contribution in [2.45, 2.75) is 45.1 Å². The molecule has 0 aliphatic carbocycles. The summed E-state index contributed by atoms with van der Waals surface area (Å²) in [4.78, 5) is 0.0375. The van der Waals surface area contributed by atoms with Crippen LogP contribution in [0.15, 0.2) is 17.0 Å². The molecule has 1 unspecified atom stereocenters. The summed E-state index contributed by atoms with van der Waals surface area (Å²) in [6.45, 7) is 7.50. The van der Waals surface area contributed by atoms with E-state index in [1.807, 2.05) is 20.8 Å². The molecule has 0 aliphatic heterocycles. The lowest BCUT2D eigenvalue weighted by molar-refractivity contribution is 0.125. The van der Waals surface area contributed by atoms with E-state index in [4.69, 9.17) is 17.3 Å². The first-order valence-electron chi connectivity index (χ1n) is 6.66. The van der Waals surface area contributed by atoms with E-state index in [2.05, 4.69) is 4.72 Å². The summed E-state index contributed by atoms with van der Waals surface area (Å²) in [5.74, 6) is 0. The average molecular weight is 335 g/mol. The number of nitrogens with one attached hydrogen (secondary N) is 1. The van der Waals surface area contributed by atoms with Crippen LogP contribution >= 0.6 is 11.6 Å². The number of benzene rings is 1. The SMILES string of the molecule is Cc1c(N)cc(Cl)cc1S(=O)(=O)NCC(O)CC(C)(C)C. The zero-order valence-electron chi connectivity index (χ0n) is 12.8. The number of halogens is 1. The van der Waals surface area contributed by atoms with Gasteiger partial charge in [0.2, 0.25) is 10.0 Å². The molecule has 0 bridgehead atoms. The Balaban J connectivity index is 2.88. The van der Waals surface area contributed by atoms with Crippen molar-refractivity contribution >= 4 is 27.3 Å². The maximum absolute atomic E-state index is 12.3. The lowest BCUT2D eigenvalue weighted by Gasteiger charge is -2.22. The van der Waals surface area contributed by atoms with Crippen LogP contribution < -0.4 is 10.5 Å². The molecule has 1 aromatic rings. The Morgan fingerprint density at radius 3 is 2.48 bits per heavy atom. The van der Waals surface area contributed by atoms with E-state index in [0.29, 0.717) is 17.7 Å². The summed E-state index contributed by atoms with van der Waals surface area (Å²) >= 11 is 5.86. The highest BCUT2D eigenvalue weighted by Gasteiger charge is 2.22. The standard InChI is InChI=1S/C14H23ClN2O3S/c1-9-12(16)5-10(15)6-13(9)21(19,20)17-8-11(18)7-14(2,3)4/h5-6,11,17-18H,7-8,16H2,1-4H3. The second-order valence-electron chi connectivity index (χ2n) is 6.39. The van der Waals surface area contributed by atoms with Crippen molar-refractivity contribution in [3.63, 3.8) is 0 Å². The Morgan fingerprint density at radius 1 is 1.38 bits per heavy atom. The van der Waals surface area contributed by atoms with E-state index >= 15 is 0 Å². The minimum Gasteiger partial charge on any atom is -0.398 e. The molecule has 120 valence electrons. The number of anilines is 1. The smallest absolute Gasteiger partial charge is 0.241 e. The molecule has 0 amide bonds. The highest BCUT2D eigenvalue weighted by molar-refractivity contribution is 7.89. The zero-order valence-corrected chi connectivity index (χ0v) is 14.3. The summed E-state index contributed by atoms with van der Waals surface area (Å²) in [5, 5.41) is 10.2. The second kappa shape index (κ2) is 6.52. The highest BCUT2D eigenvalue weighted by Crippen LogP contribution is 2.26. The van der Waals surface area contributed by atoms with Gasteiger partial charge in [-0.3, -0.25) is 0 Å². The molecule has 5 nitrogen and oxygen atoms in total. The van der Waals surface area contributed by atoms with Gasteiger partial charge in [0.1, 0.15) is 0 Å². The topological polar surface area (TPSA) is 92.4 Å². The molecule has 0 aromatic heterocycles. The van der Waals surface area contributed by atoms with Crippen molar-refractivity contribution < 1.29 is 13.5 Å². The predicted octanol–water partition coefficient (Wildman–Crippen LogP) is 2.31. The zero-order chi connectivity index (χ0) is 16.4. The van der Waals surface area contributed by atoms with Gasteiger partial charge in [0.15, 0.2) is 0 Å². The minimum absolute atomic E-state index is 0.0375. The molecule has 0 fully saturated rings. The van der Waals surface area contributed by atoms with E-state index in [9.17, 15) is 13.5 Å². The Labute approximate surface area is 131 Å². The van der Waals surface area contributed by atoms with Crippen molar-refractivity contribution in [1.82, 2.24) is 4.72 Å². The van der Waals surface area contributed by atoms with Crippen LogP contribution in [0.1, 0.15) is 32.8 Å².